The van der Waals surface area contributed by atoms with Crippen molar-refractivity contribution < 1.29 is 14.6 Å². The Morgan fingerprint density at radius 2 is 2.00 bits per heavy atom. The Kier molecular flexibility index (Phi) is 5.59. The van der Waals surface area contributed by atoms with Gasteiger partial charge in [-0.15, -0.1) is 0 Å². The van der Waals surface area contributed by atoms with E-state index in [9.17, 15) is 5.11 Å². The average Bonchev–Trinajstić information content (AvgIpc) is 3.12. The molecular weight excluding hydrogens is 342 g/mol. The number of benzene rings is 1. The summed E-state index contributed by atoms with van der Waals surface area (Å²) in [6.45, 7) is 10.1. The molecule has 1 aromatic heterocycles. The van der Waals surface area contributed by atoms with E-state index in [0.717, 1.165) is 56.1 Å². The minimum atomic E-state index is -0.423. The van der Waals surface area contributed by atoms with Gasteiger partial charge in [-0.1, -0.05) is 19.1 Å². The molecule has 146 valence electrons. The third kappa shape index (κ3) is 3.94. The number of anilines is 1. The number of hydrogen-bond acceptors (Lipinski definition) is 6. The molecular formula is C21H29N3O3. The van der Waals surface area contributed by atoms with E-state index < -0.39 is 6.10 Å². The summed E-state index contributed by atoms with van der Waals surface area (Å²) in [7, 11) is 0. The molecule has 0 unspecified atom stereocenters. The summed E-state index contributed by atoms with van der Waals surface area (Å²) in [5.41, 5.74) is 3.46. The molecule has 1 aromatic carbocycles. The number of morpholine rings is 1. The summed E-state index contributed by atoms with van der Waals surface area (Å²) in [5.74, 6) is 1.04. The van der Waals surface area contributed by atoms with Gasteiger partial charge in [-0.3, -0.25) is 4.90 Å². The molecule has 2 aliphatic rings. The van der Waals surface area contributed by atoms with Crippen LogP contribution in [0, 0.1) is 6.92 Å². The fraction of sp³-hybridized carbons (Fsp3) is 0.571. The highest BCUT2D eigenvalue weighted by Crippen LogP contribution is 2.28. The van der Waals surface area contributed by atoms with Crippen molar-refractivity contribution in [3.05, 3.63) is 35.4 Å². The number of likely N-dealkylation sites (N-methyl/N-ethyl adjacent to an activating group) is 1. The molecule has 2 atom stereocenters. The molecule has 4 rings (SSSR count). The third-order valence-electron chi connectivity index (χ3n) is 5.61. The van der Waals surface area contributed by atoms with Crippen LogP contribution in [0.5, 0.6) is 0 Å². The van der Waals surface area contributed by atoms with Crippen LogP contribution in [-0.2, 0) is 16.0 Å². The number of rotatable bonds is 5. The van der Waals surface area contributed by atoms with E-state index in [0.29, 0.717) is 13.2 Å². The molecule has 2 aromatic rings. The van der Waals surface area contributed by atoms with Crippen molar-refractivity contribution in [1.82, 2.24) is 9.88 Å². The van der Waals surface area contributed by atoms with Crippen LogP contribution >= 0.6 is 0 Å². The predicted molar refractivity (Wildman–Crippen MR) is 106 cm³/mol. The fourth-order valence-electron chi connectivity index (χ4n) is 4.04. The van der Waals surface area contributed by atoms with Gasteiger partial charge in [-0.2, -0.15) is 0 Å². The number of aliphatic hydroxyl groups is 1. The standard InChI is InChI=1S/C21H29N3O3/c1-3-23(19-13-27-14-20(19)25)12-17-11-16-5-4-15(2)10-18(16)22-21(17)24-6-8-26-9-7-24/h4-5,10-11,19-20,25H,3,6-9,12-14H2,1-2H3/t19-,20-/m0/s1. The van der Waals surface area contributed by atoms with Gasteiger partial charge in [0, 0.05) is 30.6 Å². The smallest absolute Gasteiger partial charge is 0.133 e. The number of ether oxygens (including phenoxy) is 2. The lowest BCUT2D eigenvalue weighted by molar-refractivity contribution is 0.0807. The molecule has 0 amide bonds. The molecule has 0 spiro atoms. The van der Waals surface area contributed by atoms with Crippen molar-refractivity contribution >= 4 is 16.7 Å². The second-order valence-electron chi connectivity index (χ2n) is 7.50. The van der Waals surface area contributed by atoms with Crippen molar-refractivity contribution in [1.29, 1.82) is 0 Å². The number of fused-ring (bicyclic) bond motifs is 1. The lowest BCUT2D eigenvalue weighted by Gasteiger charge is -2.33. The van der Waals surface area contributed by atoms with Gasteiger partial charge in [0.2, 0.25) is 0 Å². The van der Waals surface area contributed by atoms with Crippen LogP contribution in [0.1, 0.15) is 18.1 Å². The molecule has 3 heterocycles. The Balaban J connectivity index is 1.71. The average molecular weight is 371 g/mol. The zero-order valence-corrected chi connectivity index (χ0v) is 16.2. The Hall–Kier alpha value is -1.73. The quantitative estimate of drug-likeness (QED) is 0.867. The highest BCUT2D eigenvalue weighted by atomic mass is 16.5. The van der Waals surface area contributed by atoms with Gasteiger partial charge >= 0.3 is 0 Å². The van der Waals surface area contributed by atoms with Crippen LogP contribution < -0.4 is 4.90 Å². The van der Waals surface area contributed by atoms with E-state index in [1.165, 1.54) is 11.1 Å². The van der Waals surface area contributed by atoms with E-state index in [4.69, 9.17) is 14.5 Å². The second-order valence-corrected chi connectivity index (χ2v) is 7.50. The SMILES string of the molecule is CCN(Cc1cc2ccc(C)cc2nc1N1CCOCC1)[C@H]1COC[C@@H]1O. The number of aliphatic hydroxyl groups excluding tert-OH is 1. The summed E-state index contributed by atoms with van der Waals surface area (Å²) in [4.78, 5) is 9.68. The first kappa shape index (κ1) is 18.6. The normalized spacial score (nSPS) is 23.5. The largest absolute Gasteiger partial charge is 0.389 e. The van der Waals surface area contributed by atoms with Crippen molar-refractivity contribution in [2.75, 3.05) is 51.0 Å². The number of aryl methyl sites for hydroxylation is 1. The van der Waals surface area contributed by atoms with Crippen LogP contribution in [-0.4, -0.2) is 73.2 Å². The minimum absolute atomic E-state index is 0.0428. The van der Waals surface area contributed by atoms with Crippen molar-refractivity contribution in [2.24, 2.45) is 0 Å². The Morgan fingerprint density at radius 1 is 1.19 bits per heavy atom. The van der Waals surface area contributed by atoms with E-state index >= 15 is 0 Å². The van der Waals surface area contributed by atoms with Gasteiger partial charge in [0.05, 0.1) is 44.1 Å². The van der Waals surface area contributed by atoms with Gasteiger partial charge in [0.1, 0.15) is 5.82 Å². The van der Waals surface area contributed by atoms with Crippen LogP contribution in [0.2, 0.25) is 0 Å². The molecule has 1 N–H and O–H groups in total. The summed E-state index contributed by atoms with van der Waals surface area (Å²) in [5, 5.41) is 11.4. The molecule has 0 radical (unpaired) electrons. The first-order chi connectivity index (χ1) is 13.2. The highest BCUT2D eigenvalue weighted by Gasteiger charge is 2.31. The summed E-state index contributed by atoms with van der Waals surface area (Å²) in [6.07, 6.45) is -0.423. The predicted octanol–water partition coefficient (Wildman–Crippen LogP) is 1.96. The minimum Gasteiger partial charge on any atom is -0.389 e. The van der Waals surface area contributed by atoms with Gasteiger partial charge < -0.3 is 19.5 Å². The summed E-state index contributed by atoms with van der Waals surface area (Å²) < 4.78 is 11.0. The molecule has 2 fully saturated rings. The number of hydrogen-bond donors (Lipinski definition) is 1. The van der Waals surface area contributed by atoms with Gasteiger partial charge in [0.15, 0.2) is 0 Å². The van der Waals surface area contributed by atoms with Crippen LogP contribution in [0.25, 0.3) is 10.9 Å². The Labute approximate surface area is 160 Å². The van der Waals surface area contributed by atoms with Crippen LogP contribution in [0.15, 0.2) is 24.3 Å². The first-order valence-corrected chi connectivity index (χ1v) is 9.88. The van der Waals surface area contributed by atoms with E-state index in [1.807, 2.05) is 0 Å². The van der Waals surface area contributed by atoms with E-state index in [1.54, 1.807) is 0 Å². The topological polar surface area (TPSA) is 58.1 Å². The second kappa shape index (κ2) is 8.10. The molecule has 27 heavy (non-hydrogen) atoms. The highest BCUT2D eigenvalue weighted by molar-refractivity contribution is 5.82. The molecule has 6 nitrogen and oxygen atoms in total. The van der Waals surface area contributed by atoms with Crippen LogP contribution in [0.4, 0.5) is 5.82 Å². The molecule has 0 saturated carbocycles. The number of pyridine rings is 1. The molecule has 2 aliphatic heterocycles. The molecule has 0 bridgehead atoms. The van der Waals surface area contributed by atoms with Crippen molar-refractivity contribution in [2.45, 2.75) is 32.5 Å². The summed E-state index contributed by atoms with van der Waals surface area (Å²) >= 11 is 0. The maximum Gasteiger partial charge on any atom is 0.133 e. The van der Waals surface area contributed by atoms with Crippen molar-refractivity contribution in [3.63, 3.8) is 0 Å². The first-order valence-electron chi connectivity index (χ1n) is 9.88. The Morgan fingerprint density at radius 3 is 2.70 bits per heavy atom. The van der Waals surface area contributed by atoms with Crippen molar-refractivity contribution in [3.8, 4) is 0 Å². The maximum atomic E-state index is 10.3. The zero-order chi connectivity index (χ0) is 18.8. The number of nitrogens with zero attached hydrogens (tertiary/aromatic N) is 3. The van der Waals surface area contributed by atoms with E-state index in [-0.39, 0.29) is 6.04 Å². The lowest BCUT2D eigenvalue weighted by Crippen LogP contribution is -2.43. The lowest BCUT2D eigenvalue weighted by atomic mass is 10.1. The van der Waals surface area contributed by atoms with Gasteiger partial charge in [0.25, 0.3) is 0 Å². The van der Waals surface area contributed by atoms with E-state index in [2.05, 4.69) is 47.9 Å². The third-order valence-corrected chi connectivity index (χ3v) is 5.61. The maximum absolute atomic E-state index is 10.3. The Bertz CT molecular complexity index is 792. The van der Waals surface area contributed by atoms with Gasteiger partial charge in [-0.25, -0.2) is 4.98 Å². The fourth-order valence-corrected chi connectivity index (χ4v) is 4.04. The zero-order valence-electron chi connectivity index (χ0n) is 16.2. The summed E-state index contributed by atoms with van der Waals surface area (Å²) in [6, 6.07) is 8.73. The monoisotopic (exact) mass is 371 g/mol. The molecule has 0 aliphatic carbocycles. The van der Waals surface area contributed by atoms with Gasteiger partial charge in [-0.05, 0) is 31.2 Å². The molecule has 2 saturated heterocycles. The molecule has 6 heteroatoms. The number of aromatic nitrogens is 1. The van der Waals surface area contributed by atoms with Crippen LogP contribution in [0.3, 0.4) is 0 Å².